The van der Waals surface area contributed by atoms with Crippen molar-refractivity contribution in [3.8, 4) is 0 Å². The van der Waals surface area contributed by atoms with E-state index in [0.29, 0.717) is 4.99 Å². The van der Waals surface area contributed by atoms with E-state index in [1.807, 2.05) is 23.9 Å². The van der Waals surface area contributed by atoms with E-state index in [1.54, 1.807) is 0 Å². The number of nitrogens with two attached hydrogens (primary N) is 1. The first-order valence-corrected chi connectivity index (χ1v) is 8.73. The normalized spacial score (nSPS) is 10.7. The Bertz CT molecular complexity index is 806. The Morgan fingerprint density at radius 2 is 1.68 bits per heavy atom. The quantitative estimate of drug-likeness (QED) is 0.676. The maximum Gasteiger partial charge on any atom is 0.103 e. The molecule has 0 saturated carbocycles. The monoisotopic (exact) mass is 323 g/mol. The Morgan fingerprint density at radius 3 is 2.55 bits per heavy atom. The summed E-state index contributed by atoms with van der Waals surface area (Å²) in [7, 11) is 0. The van der Waals surface area contributed by atoms with Gasteiger partial charge in [0, 0.05) is 17.1 Å². The topological polar surface area (TPSA) is 26.0 Å². The largest absolute Gasteiger partial charge is 0.389 e. The Labute approximate surface area is 140 Å². The molecule has 0 fully saturated rings. The lowest BCUT2D eigenvalue weighted by Crippen LogP contribution is -2.09. The maximum atomic E-state index is 5.69. The molecule has 0 radical (unpaired) electrons. The van der Waals surface area contributed by atoms with Gasteiger partial charge in [-0.25, -0.2) is 0 Å². The van der Waals surface area contributed by atoms with Gasteiger partial charge >= 0.3 is 0 Å². The van der Waals surface area contributed by atoms with E-state index in [0.717, 1.165) is 17.1 Å². The summed E-state index contributed by atoms with van der Waals surface area (Å²) >= 11 is 6.95. The Kier molecular flexibility index (Phi) is 4.76. The lowest BCUT2D eigenvalue weighted by atomic mass is 10.1. The maximum absolute atomic E-state index is 5.69. The van der Waals surface area contributed by atoms with Gasteiger partial charge in [-0.2, -0.15) is 11.8 Å². The van der Waals surface area contributed by atoms with Crippen molar-refractivity contribution in [1.29, 1.82) is 0 Å². The van der Waals surface area contributed by atoms with E-state index in [1.165, 1.54) is 21.9 Å². The SMILES string of the molecule is NC(=S)c1cccc(CSCc2cccc3ccccc23)c1. The van der Waals surface area contributed by atoms with Gasteiger partial charge in [0.1, 0.15) is 4.99 Å². The summed E-state index contributed by atoms with van der Waals surface area (Å²) in [5.41, 5.74) is 9.27. The van der Waals surface area contributed by atoms with Crippen molar-refractivity contribution in [2.45, 2.75) is 11.5 Å². The Balaban J connectivity index is 1.70. The second-order valence-corrected chi connectivity index (χ2v) is 6.62. The third-order valence-corrected chi connectivity index (χ3v) is 4.91. The number of rotatable bonds is 5. The number of hydrogen-bond acceptors (Lipinski definition) is 2. The predicted molar refractivity (Wildman–Crippen MR) is 101 cm³/mol. The molecule has 3 aromatic carbocycles. The molecule has 0 saturated heterocycles. The van der Waals surface area contributed by atoms with E-state index in [9.17, 15) is 0 Å². The zero-order valence-corrected chi connectivity index (χ0v) is 13.8. The van der Waals surface area contributed by atoms with E-state index < -0.39 is 0 Å². The average Bonchev–Trinajstić information content (AvgIpc) is 2.55. The van der Waals surface area contributed by atoms with Gasteiger partial charge in [-0.15, -0.1) is 0 Å². The molecule has 3 heteroatoms. The highest BCUT2D eigenvalue weighted by Crippen LogP contribution is 2.24. The summed E-state index contributed by atoms with van der Waals surface area (Å²) in [6.45, 7) is 0. The average molecular weight is 323 g/mol. The zero-order valence-electron chi connectivity index (χ0n) is 12.2. The summed E-state index contributed by atoms with van der Waals surface area (Å²) in [4.78, 5) is 0.459. The van der Waals surface area contributed by atoms with Crippen LogP contribution in [0.2, 0.25) is 0 Å². The van der Waals surface area contributed by atoms with Gasteiger partial charge in [-0.1, -0.05) is 72.9 Å². The highest BCUT2D eigenvalue weighted by Gasteiger charge is 2.02. The van der Waals surface area contributed by atoms with Crippen molar-refractivity contribution in [3.63, 3.8) is 0 Å². The number of thioether (sulfide) groups is 1. The van der Waals surface area contributed by atoms with Crippen LogP contribution in [0, 0.1) is 0 Å². The van der Waals surface area contributed by atoms with E-state index in [2.05, 4.69) is 54.6 Å². The fourth-order valence-electron chi connectivity index (χ4n) is 2.51. The molecule has 0 bridgehead atoms. The first-order chi connectivity index (χ1) is 10.7. The molecule has 2 N–H and O–H groups in total. The van der Waals surface area contributed by atoms with Crippen LogP contribution in [0.15, 0.2) is 66.7 Å². The summed E-state index contributed by atoms with van der Waals surface area (Å²) in [6, 6.07) is 23.2. The minimum atomic E-state index is 0.459. The molecule has 0 spiro atoms. The number of hydrogen-bond donors (Lipinski definition) is 1. The van der Waals surface area contributed by atoms with Crippen molar-refractivity contribution >= 4 is 39.7 Å². The molecule has 3 aromatic rings. The molecule has 0 aliphatic rings. The van der Waals surface area contributed by atoms with Crippen molar-refractivity contribution in [2.75, 3.05) is 0 Å². The summed E-state index contributed by atoms with van der Waals surface area (Å²) in [5, 5.41) is 2.64. The third-order valence-electron chi connectivity index (χ3n) is 3.62. The van der Waals surface area contributed by atoms with Crippen molar-refractivity contribution < 1.29 is 0 Å². The first kappa shape index (κ1) is 15.1. The molecule has 0 heterocycles. The van der Waals surface area contributed by atoms with Crippen LogP contribution in [-0.2, 0) is 11.5 Å². The van der Waals surface area contributed by atoms with Crippen LogP contribution in [0.3, 0.4) is 0 Å². The second-order valence-electron chi connectivity index (χ2n) is 5.20. The van der Waals surface area contributed by atoms with Crippen molar-refractivity contribution in [2.24, 2.45) is 5.73 Å². The molecule has 0 unspecified atom stereocenters. The van der Waals surface area contributed by atoms with E-state index in [-0.39, 0.29) is 0 Å². The fraction of sp³-hybridized carbons (Fsp3) is 0.105. The number of thiocarbonyl (C=S) groups is 1. The third kappa shape index (κ3) is 3.49. The van der Waals surface area contributed by atoms with Gasteiger partial charge in [-0.3, -0.25) is 0 Å². The van der Waals surface area contributed by atoms with Crippen LogP contribution in [0.4, 0.5) is 0 Å². The minimum Gasteiger partial charge on any atom is -0.389 e. The van der Waals surface area contributed by atoms with E-state index in [4.69, 9.17) is 18.0 Å². The standard InChI is InChI=1S/C19H17NS2/c20-19(21)16-8-3-5-14(11-16)12-22-13-17-9-4-7-15-6-1-2-10-18(15)17/h1-11H,12-13H2,(H2,20,21). The molecule has 110 valence electrons. The smallest absolute Gasteiger partial charge is 0.103 e. The van der Waals surface area contributed by atoms with E-state index >= 15 is 0 Å². The molecule has 0 aromatic heterocycles. The molecule has 0 atom stereocenters. The highest BCUT2D eigenvalue weighted by atomic mass is 32.2. The first-order valence-electron chi connectivity index (χ1n) is 7.17. The zero-order chi connectivity index (χ0) is 15.4. The summed E-state index contributed by atoms with van der Waals surface area (Å²) in [5.74, 6) is 1.96. The molecular formula is C19H17NS2. The van der Waals surface area contributed by atoms with Crippen molar-refractivity contribution in [1.82, 2.24) is 0 Å². The summed E-state index contributed by atoms with van der Waals surface area (Å²) in [6.07, 6.45) is 0. The van der Waals surface area contributed by atoms with Gasteiger partial charge in [0.25, 0.3) is 0 Å². The van der Waals surface area contributed by atoms with Crippen LogP contribution in [0.25, 0.3) is 10.8 Å². The molecule has 22 heavy (non-hydrogen) atoms. The molecule has 0 amide bonds. The van der Waals surface area contributed by atoms with Crippen LogP contribution < -0.4 is 5.73 Å². The van der Waals surface area contributed by atoms with Crippen LogP contribution >= 0.6 is 24.0 Å². The van der Waals surface area contributed by atoms with Crippen LogP contribution in [-0.4, -0.2) is 4.99 Å². The molecule has 0 aliphatic heterocycles. The molecule has 0 aliphatic carbocycles. The summed E-state index contributed by atoms with van der Waals surface area (Å²) < 4.78 is 0. The Hall–Kier alpha value is -1.84. The Morgan fingerprint density at radius 1 is 0.909 bits per heavy atom. The van der Waals surface area contributed by atoms with Gasteiger partial charge in [0.05, 0.1) is 0 Å². The molecule has 1 nitrogen and oxygen atoms in total. The lowest BCUT2D eigenvalue weighted by Gasteiger charge is -2.07. The fourth-order valence-corrected chi connectivity index (χ4v) is 3.63. The second kappa shape index (κ2) is 6.95. The van der Waals surface area contributed by atoms with Gasteiger partial charge < -0.3 is 5.73 Å². The molecular weight excluding hydrogens is 306 g/mol. The van der Waals surface area contributed by atoms with Gasteiger partial charge in [0.2, 0.25) is 0 Å². The minimum absolute atomic E-state index is 0.459. The number of fused-ring (bicyclic) bond motifs is 1. The lowest BCUT2D eigenvalue weighted by molar-refractivity contribution is 1.37. The highest BCUT2D eigenvalue weighted by molar-refractivity contribution is 7.97. The molecule has 3 rings (SSSR count). The van der Waals surface area contributed by atoms with Crippen LogP contribution in [0.5, 0.6) is 0 Å². The van der Waals surface area contributed by atoms with Gasteiger partial charge in [-0.05, 0) is 28.0 Å². The van der Waals surface area contributed by atoms with Crippen LogP contribution in [0.1, 0.15) is 16.7 Å². The van der Waals surface area contributed by atoms with Crippen molar-refractivity contribution in [3.05, 3.63) is 83.4 Å². The van der Waals surface area contributed by atoms with Gasteiger partial charge in [0.15, 0.2) is 0 Å². The predicted octanol–water partition coefficient (Wildman–Crippen LogP) is 4.91. The number of benzene rings is 3.